The van der Waals surface area contributed by atoms with E-state index in [0.717, 1.165) is 5.56 Å². The third kappa shape index (κ3) is 5.48. The Balaban J connectivity index is 1.89. The number of rotatable bonds is 8. The summed E-state index contributed by atoms with van der Waals surface area (Å²) in [6.07, 6.45) is 3.52. The van der Waals surface area contributed by atoms with Gasteiger partial charge in [0.2, 0.25) is 15.9 Å². The summed E-state index contributed by atoms with van der Waals surface area (Å²) in [6, 6.07) is 13.7. The lowest BCUT2D eigenvalue weighted by Gasteiger charge is -2.16. The van der Waals surface area contributed by atoms with Crippen LogP contribution in [0.2, 0.25) is 5.02 Å². The molecule has 0 saturated carbocycles. The van der Waals surface area contributed by atoms with Crippen molar-refractivity contribution in [3.8, 4) is 11.1 Å². The van der Waals surface area contributed by atoms with Crippen LogP contribution >= 0.6 is 11.6 Å². The Hall–Kier alpha value is -2.65. The van der Waals surface area contributed by atoms with E-state index in [9.17, 15) is 13.2 Å². The van der Waals surface area contributed by atoms with Crippen LogP contribution in [0.25, 0.3) is 11.1 Å². The molecule has 0 atom stereocenters. The van der Waals surface area contributed by atoms with Crippen molar-refractivity contribution in [1.82, 2.24) is 14.6 Å². The average Bonchev–Trinajstić information content (AvgIpc) is 3.23. The molecule has 9 heteroatoms. The molecule has 3 aromatic rings. The van der Waals surface area contributed by atoms with E-state index in [1.165, 1.54) is 6.07 Å². The van der Waals surface area contributed by atoms with Gasteiger partial charge < -0.3 is 10.3 Å². The van der Waals surface area contributed by atoms with Gasteiger partial charge in [0.05, 0.1) is 18.0 Å². The molecule has 3 rings (SSSR count). The third-order valence-corrected chi connectivity index (χ3v) is 6.14. The summed E-state index contributed by atoms with van der Waals surface area (Å²) in [5.74, 6) is -0.290. The van der Waals surface area contributed by atoms with E-state index in [1.54, 1.807) is 73.9 Å². The Kier molecular flexibility index (Phi) is 6.94. The summed E-state index contributed by atoms with van der Waals surface area (Å²) in [5.41, 5.74) is 2.35. The fraction of sp³-hybridized carbons (Fsp3) is 0.190. The average molecular weight is 447 g/mol. The van der Waals surface area contributed by atoms with Gasteiger partial charge in [0.1, 0.15) is 0 Å². The van der Waals surface area contributed by atoms with Crippen molar-refractivity contribution in [2.75, 3.05) is 26.1 Å². The molecule has 0 aliphatic rings. The maximum atomic E-state index is 12.9. The van der Waals surface area contributed by atoms with Crippen LogP contribution < -0.4 is 10.0 Å². The van der Waals surface area contributed by atoms with Crippen molar-refractivity contribution in [3.05, 3.63) is 71.5 Å². The molecular formula is C21H23ClN4O3S. The molecule has 1 aromatic heterocycles. The van der Waals surface area contributed by atoms with E-state index < -0.39 is 10.0 Å². The first-order valence-corrected chi connectivity index (χ1v) is 11.1. The first-order chi connectivity index (χ1) is 14.3. The summed E-state index contributed by atoms with van der Waals surface area (Å²) in [6.45, 7) is 0.151. The van der Waals surface area contributed by atoms with Gasteiger partial charge in [-0.2, -0.15) is 4.72 Å². The number of sulfonamides is 1. The van der Waals surface area contributed by atoms with E-state index in [1.807, 2.05) is 0 Å². The second-order valence-corrected chi connectivity index (χ2v) is 9.16. The number of anilines is 1. The number of benzene rings is 2. The van der Waals surface area contributed by atoms with Gasteiger partial charge in [0.15, 0.2) is 0 Å². The summed E-state index contributed by atoms with van der Waals surface area (Å²) in [7, 11) is -0.284. The lowest BCUT2D eigenvalue weighted by Crippen LogP contribution is -2.33. The van der Waals surface area contributed by atoms with E-state index in [2.05, 4.69) is 15.0 Å². The predicted molar refractivity (Wildman–Crippen MR) is 119 cm³/mol. The van der Waals surface area contributed by atoms with E-state index in [4.69, 9.17) is 11.6 Å². The molecule has 0 unspecified atom stereocenters. The molecule has 3 N–H and O–H groups in total. The quantitative estimate of drug-likeness (QED) is 0.463. The maximum Gasteiger partial charge on any atom is 0.242 e. The molecule has 0 fully saturated rings. The molecule has 0 radical (unpaired) electrons. The smallest absolute Gasteiger partial charge is 0.242 e. The Morgan fingerprint density at radius 1 is 1.13 bits per heavy atom. The lowest BCUT2D eigenvalue weighted by atomic mass is 10.1. The molecule has 0 spiro atoms. The van der Waals surface area contributed by atoms with Crippen LogP contribution in [0.3, 0.4) is 0 Å². The van der Waals surface area contributed by atoms with Gasteiger partial charge in [0.25, 0.3) is 0 Å². The molecule has 0 aliphatic carbocycles. The number of halogens is 1. The van der Waals surface area contributed by atoms with Gasteiger partial charge >= 0.3 is 0 Å². The van der Waals surface area contributed by atoms with E-state index >= 15 is 0 Å². The minimum absolute atomic E-state index is 0.0829. The van der Waals surface area contributed by atoms with Crippen LogP contribution in [-0.2, 0) is 21.2 Å². The van der Waals surface area contributed by atoms with Gasteiger partial charge in [-0.05, 0) is 43.9 Å². The molecular weight excluding hydrogens is 424 g/mol. The van der Waals surface area contributed by atoms with Crippen molar-refractivity contribution in [1.29, 1.82) is 0 Å². The highest BCUT2D eigenvalue weighted by atomic mass is 35.5. The second-order valence-electron chi connectivity index (χ2n) is 7.01. The van der Waals surface area contributed by atoms with Crippen LogP contribution in [0.4, 0.5) is 5.69 Å². The predicted octanol–water partition coefficient (Wildman–Crippen LogP) is 3.31. The Labute approximate surface area is 181 Å². The van der Waals surface area contributed by atoms with Gasteiger partial charge in [-0.25, -0.2) is 8.42 Å². The van der Waals surface area contributed by atoms with Gasteiger partial charge in [0, 0.05) is 34.2 Å². The molecule has 158 valence electrons. The van der Waals surface area contributed by atoms with E-state index in [0.29, 0.717) is 21.8 Å². The van der Waals surface area contributed by atoms with Crippen molar-refractivity contribution >= 4 is 33.2 Å². The highest BCUT2D eigenvalue weighted by molar-refractivity contribution is 7.89. The van der Waals surface area contributed by atoms with Crippen LogP contribution in [0, 0.1) is 0 Å². The Bertz CT molecular complexity index is 1130. The monoisotopic (exact) mass is 446 g/mol. The summed E-state index contributed by atoms with van der Waals surface area (Å²) in [4.78, 5) is 17.2. The molecule has 1 amide bonds. The third-order valence-electron chi connectivity index (χ3n) is 4.34. The number of carbonyl (C=O) groups excluding carboxylic acids is 1. The van der Waals surface area contributed by atoms with E-state index in [-0.39, 0.29) is 23.9 Å². The number of nitrogens with zero attached hydrogens (tertiary/aromatic N) is 1. The zero-order valence-corrected chi connectivity index (χ0v) is 18.2. The largest absolute Gasteiger partial charge is 0.367 e. The number of amides is 1. The Morgan fingerprint density at radius 2 is 1.90 bits per heavy atom. The van der Waals surface area contributed by atoms with Gasteiger partial charge in [-0.3, -0.25) is 9.69 Å². The number of H-pyrrole nitrogens is 1. The number of hydrogen-bond acceptors (Lipinski definition) is 4. The normalized spacial score (nSPS) is 11.6. The summed E-state index contributed by atoms with van der Waals surface area (Å²) >= 11 is 6.12. The topological polar surface area (TPSA) is 94.3 Å². The first-order valence-electron chi connectivity index (χ1n) is 9.21. The Morgan fingerprint density at radius 3 is 2.57 bits per heavy atom. The van der Waals surface area contributed by atoms with Gasteiger partial charge in [-0.15, -0.1) is 0 Å². The fourth-order valence-corrected chi connectivity index (χ4v) is 4.41. The number of aromatic amines is 1. The molecule has 2 aromatic carbocycles. The lowest BCUT2D eigenvalue weighted by molar-refractivity contribution is -0.115. The number of aromatic nitrogens is 1. The number of hydrogen-bond donors (Lipinski definition) is 3. The second kappa shape index (κ2) is 9.44. The minimum Gasteiger partial charge on any atom is -0.367 e. The number of carbonyl (C=O) groups is 1. The molecule has 1 heterocycles. The van der Waals surface area contributed by atoms with Crippen LogP contribution in [0.15, 0.2) is 65.8 Å². The van der Waals surface area contributed by atoms with Gasteiger partial charge in [-0.1, -0.05) is 35.9 Å². The molecule has 30 heavy (non-hydrogen) atoms. The SMILES string of the molecule is CN(C)CNS(=O)(=O)c1cc(NC(=O)Cc2ccccc2Cl)ccc1-c1cc[nH]c1. The highest BCUT2D eigenvalue weighted by Gasteiger charge is 2.21. The fourth-order valence-electron chi connectivity index (χ4n) is 2.86. The highest BCUT2D eigenvalue weighted by Crippen LogP contribution is 2.30. The molecule has 7 nitrogen and oxygen atoms in total. The summed E-state index contributed by atoms with van der Waals surface area (Å²) < 4.78 is 28.5. The molecule has 0 bridgehead atoms. The molecule has 0 aliphatic heterocycles. The zero-order valence-electron chi connectivity index (χ0n) is 16.6. The standard InChI is InChI=1S/C21H23ClN4O3S/c1-26(2)14-24-30(28,29)20-12-17(7-8-18(20)16-9-10-23-13-16)25-21(27)11-15-5-3-4-6-19(15)22/h3-10,12-13,23-24H,11,14H2,1-2H3,(H,25,27). The minimum atomic E-state index is -3.81. The van der Waals surface area contributed by atoms with Crippen molar-refractivity contribution in [2.45, 2.75) is 11.3 Å². The van der Waals surface area contributed by atoms with Crippen LogP contribution in [0.1, 0.15) is 5.56 Å². The first kappa shape index (κ1) is 22.0. The molecule has 0 saturated heterocycles. The zero-order chi connectivity index (χ0) is 21.7. The van der Waals surface area contributed by atoms with Crippen molar-refractivity contribution in [3.63, 3.8) is 0 Å². The van der Waals surface area contributed by atoms with Crippen LogP contribution in [-0.4, -0.2) is 45.0 Å². The van der Waals surface area contributed by atoms with Crippen LogP contribution in [0.5, 0.6) is 0 Å². The van der Waals surface area contributed by atoms with Crippen molar-refractivity contribution < 1.29 is 13.2 Å². The maximum absolute atomic E-state index is 12.9. The number of nitrogens with one attached hydrogen (secondary N) is 3. The summed E-state index contributed by atoms with van der Waals surface area (Å²) in [5, 5.41) is 3.27. The van der Waals surface area contributed by atoms with Crippen molar-refractivity contribution in [2.24, 2.45) is 0 Å².